The van der Waals surface area contributed by atoms with E-state index in [1.54, 1.807) is 12.1 Å². The van der Waals surface area contributed by atoms with Crippen molar-refractivity contribution in [2.24, 2.45) is 0 Å². The number of carbonyl (C=O) groups is 2. The molecule has 3 aromatic carbocycles. The maximum atomic E-state index is 12.4. The van der Waals surface area contributed by atoms with Crippen LogP contribution in [0.1, 0.15) is 28.2 Å². The van der Waals surface area contributed by atoms with Gasteiger partial charge in [-0.25, -0.2) is 9.59 Å². The van der Waals surface area contributed by atoms with Crippen LogP contribution >= 0.6 is 0 Å². The molecule has 1 amide bonds. The quantitative estimate of drug-likeness (QED) is 0.419. The van der Waals surface area contributed by atoms with Crippen LogP contribution in [0.5, 0.6) is 0 Å². The van der Waals surface area contributed by atoms with E-state index < -0.39 is 34.0 Å². The Balaban J connectivity index is 1.39. The Kier molecular flexibility index (Phi) is 6.67. The van der Waals surface area contributed by atoms with E-state index in [9.17, 15) is 23.1 Å². The number of hydrogen-bond donors (Lipinski definition) is 3. The monoisotopic (exact) mass is 481 g/mol. The van der Waals surface area contributed by atoms with Crippen molar-refractivity contribution in [1.29, 1.82) is 0 Å². The molecule has 0 spiro atoms. The molecule has 1 aliphatic rings. The predicted molar refractivity (Wildman–Crippen MR) is 125 cm³/mol. The lowest BCUT2D eigenvalue weighted by atomic mass is 9.98. The molecule has 3 N–H and O–H groups in total. The molecular formula is C25H23NO7S. The van der Waals surface area contributed by atoms with Crippen molar-refractivity contribution >= 4 is 22.2 Å². The van der Waals surface area contributed by atoms with Gasteiger partial charge in [-0.15, -0.1) is 0 Å². The number of hydrogen-bond acceptors (Lipinski definition) is 5. The highest BCUT2D eigenvalue weighted by molar-refractivity contribution is 7.85. The maximum Gasteiger partial charge on any atom is 0.407 e. The molecular weight excluding hydrogens is 458 g/mol. The molecule has 0 bridgehead atoms. The Morgan fingerprint density at radius 3 is 1.94 bits per heavy atom. The van der Waals surface area contributed by atoms with Crippen molar-refractivity contribution < 1.29 is 32.4 Å². The van der Waals surface area contributed by atoms with Crippen LogP contribution in [0.15, 0.2) is 72.8 Å². The topological polar surface area (TPSA) is 130 Å². The van der Waals surface area contributed by atoms with Crippen LogP contribution in [0.4, 0.5) is 4.79 Å². The molecule has 0 radical (unpaired) electrons. The summed E-state index contributed by atoms with van der Waals surface area (Å²) < 4.78 is 36.3. The first-order chi connectivity index (χ1) is 16.2. The third-order valence-corrected chi connectivity index (χ3v) is 6.44. The number of carboxylic acid groups (broad SMARTS) is 1. The van der Waals surface area contributed by atoms with Gasteiger partial charge in [0, 0.05) is 12.3 Å². The molecule has 0 heterocycles. The van der Waals surface area contributed by atoms with Crippen LogP contribution in [-0.2, 0) is 31.8 Å². The van der Waals surface area contributed by atoms with E-state index in [2.05, 4.69) is 5.32 Å². The lowest BCUT2D eigenvalue weighted by Crippen LogP contribution is -2.42. The number of amides is 1. The maximum absolute atomic E-state index is 12.4. The van der Waals surface area contributed by atoms with E-state index in [4.69, 9.17) is 9.29 Å². The fourth-order valence-corrected chi connectivity index (χ4v) is 4.81. The van der Waals surface area contributed by atoms with E-state index in [1.807, 2.05) is 48.5 Å². The molecule has 0 saturated heterocycles. The Morgan fingerprint density at radius 2 is 1.41 bits per heavy atom. The number of benzene rings is 3. The van der Waals surface area contributed by atoms with E-state index in [0.29, 0.717) is 11.1 Å². The minimum absolute atomic E-state index is 0.0221. The van der Waals surface area contributed by atoms with Gasteiger partial charge >= 0.3 is 12.1 Å². The van der Waals surface area contributed by atoms with Crippen LogP contribution in [0.3, 0.4) is 0 Å². The van der Waals surface area contributed by atoms with Gasteiger partial charge in [0.25, 0.3) is 10.1 Å². The summed E-state index contributed by atoms with van der Waals surface area (Å²) >= 11 is 0. The fourth-order valence-electron chi connectivity index (χ4n) is 4.20. The van der Waals surface area contributed by atoms with E-state index >= 15 is 0 Å². The second kappa shape index (κ2) is 9.66. The molecule has 0 aliphatic heterocycles. The first-order valence-corrected chi connectivity index (χ1v) is 12.2. The molecule has 3 aromatic rings. The molecule has 176 valence electrons. The normalized spacial score (nSPS) is 13.6. The molecule has 8 nitrogen and oxygen atoms in total. The standard InChI is InChI=1S/C25H23NO7S/c27-24(28)23(13-16-9-11-17(12-10-16)15-34(30,31)32)26-25(29)33-14-22-20-7-3-1-5-18(20)19-6-2-4-8-21(19)22/h1-12,22-23H,13-15H2,(H,26,29)(H,27,28)(H,30,31,32)/t23-/m0/s1. The van der Waals surface area contributed by atoms with Gasteiger partial charge in [-0.3, -0.25) is 4.55 Å². The fraction of sp³-hybridized carbons (Fsp3) is 0.200. The second-order valence-corrected chi connectivity index (χ2v) is 9.56. The van der Waals surface area contributed by atoms with Crippen molar-refractivity contribution in [2.75, 3.05) is 6.61 Å². The van der Waals surface area contributed by atoms with Gasteiger partial charge in [0.05, 0.1) is 0 Å². The number of alkyl carbamates (subject to hydrolysis) is 1. The minimum atomic E-state index is -4.16. The number of carbonyl (C=O) groups excluding carboxylic acids is 1. The number of ether oxygens (including phenoxy) is 1. The number of fused-ring (bicyclic) bond motifs is 3. The number of nitrogens with one attached hydrogen (secondary N) is 1. The Morgan fingerprint density at radius 1 is 0.882 bits per heavy atom. The van der Waals surface area contributed by atoms with Crippen molar-refractivity contribution in [3.63, 3.8) is 0 Å². The lowest BCUT2D eigenvalue weighted by Gasteiger charge is -2.17. The third kappa shape index (κ3) is 5.44. The first-order valence-electron chi connectivity index (χ1n) is 10.6. The Labute approximate surface area is 197 Å². The molecule has 1 aliphatic carbocycles. The van der Waals surface area contributed by atoms with Gasteiger partial charge in [-0.1, -0.05) is 72.8 Å². The predicted octanol–water partition coefficient (Wildman–Crippen LogP) is 3.61. The van der Waals surface area contributed by atoms with E-state index in [1.165, 1.54) is 12.1 Å². The summed E-state index contributed by atoms with van der Waals surface area (Å²) in [5.74, 6) is -1.90. The van der Waals surface area contributed by atoms with Gasteiger partial charge in [0.2, 0.25) is 0 Å². The summed E-state index contributed by atoms with van der Waals surface area (Å²) in [7, 11) is -4.16. The Bertz CT molecular complexity index is 1270. The van der Waals surface area contributed by atoms with Gasteiger partial charge in [0.1, 0.15) is 18.4 Å². The highest BCUT2D eigenvalue weighted by Gasteiger charge is 2.29. The Hall–Kier alpha value is -3.69. The third-order valence-electron chi connectivity index (χ3n) is 5.75. The zero-order valence-electron chi connectivity index (χ0n) is 18.0. The average molecular weight is 482 g/mol. The van der Waals surface area contributed by atoms with Gasteiger partial charge in [0.15, 0.2) is 0 Å². The molecule has 0 unspecified atom stereocenters. The number of aliphatic carboxylic acids is 1. The van der Waals surface area contributed by atoms with E-state index in [-0.39, 0.29) is 18.9 Å². The van der Waals surface area contributed by atoms with Crippen molar-refractivity contribution in [3.8, 4) is 11.1 Å². The second-order valence-electron chi connectivity index (χ2n) is 8.11. The number of rotatable bonds is 8. The van der Waals surface area contributed by atoms with E-state index in [0.717, 1.165) is 22.3 Å². The molecule has 4 rings (SSSR count). The first kappa shape index (κ1) is 23.5. The van der Waals surface area contributed by atoms with Gasteiger partial charge in [-0.2, -0.15) is 8.42 Å². The molecule has 0 saturated carbocycles. The van der Waals surface area contributed by atoms with Gasteiger partial charge < -0.3 is 15.2 Å². The number of carboxylic acids is 1. The van der Waals surface area contributed by atoms with Crippen molar-refractivity contribution in [3.05, 3.63) is 95.1 Å². The van der Waals surface area contributed by atoms with Crippen LogP contribution in [0.25, 0.3) is 11.1 Å². The van der Waals surface area contributed by atoms with Crippen LogP contribution in [0, 0.1) is 0 Å². The highest BCUT2D eigenvalue weighted by Crippen LogP contribution is 2.44. The molecule has 1 atom stereocenters. The summed E-state index contributed by atoms with van der Waals surface area (Å²) in [5.41, 5.74) is 5.22. The van der Waals surface area contributed by atoms with Crippen LogP contribution in [-0.4, -0.2) is 42.8 Å². The summed E-state index contributed by atoms with van der Waals surface area (Å²) in [6.45, 7) is 0.0660. The van der Waals surface area contributed by atoms with Crippen molar-refractivity contribution in [1.82, 2.24) is 5.32 Å². The van der Waals surface area contributed by atoms with Crippen LogP contribution in [0.2, 0.25) is 0 Å². The zero-order valence-corrected chi connectivity index (χ0v) is 18.9. The van der Waals surface area contributed by atoms with Crippen molar-refractivity contribution in [2.45, 2.75) is 24.1 Å². The van der Waals surface area contributed by atoms with Crippen LogP contribution < -0.4 is 5.32 Å². The molecule has 9 heteroatoms. The molecule has 0 fully saturated rings. The SMILES string of the molecule is O=C(N[C@@H](Cc1ccc(CS(=O)(=O)O)cc1)C(=O)O)OCC1c2ccccc2-c2ccccc21. The summed E-state index contributed by atoms with van der Waals surface area (Å²) in [5, 5.41) is 11.9. The largest absolute Gasteiger partial charge is 0.480 e. The van der Waals surface area contributed by atoms with Gasteiger partial charge in [-0.05, 0) is 33.4 Å². The summed E-state index contributed by atoms with van der Waals surface area (Å²) in [4.78, 5) is 24.1. The smallest absolute Gasteiger partial charge is 0.407 e. The lowest BCUT2D eigenvalue weighted by molar-refractivity contribution is -0.139. The molecule has 0 aromatic heterocycles. The molecule has 34 heavy (non-hydrogen) atoms. The average Bonchev–Trinajstić information content (AvgIpc) is 3.11. The zero-order chi connectivity index (χ0) is 24.3. The highest BCUT2D eigenvalue weighted by atomic mass is 32.2. The summed E-state index contributed by atoms with van der Waals surface area (Å²) in [6, 6.07) is 20.6. The minimum Gasteiger partial charge on any atom is -0.480 e. The summed E-state index contributed by atoms with van der Waals surface area (Å²) in [6.07, 6.45) is -0.858.